The highest BCUT2D eigenvalue weighted by Crippen LogP contribution is 2.26. The van der Waals surface area contributed by atoms with Crippen molar-refractivity contribution >= 4 is 5.91 Å². The predicted molar refractivity (Wildman–Crippen MR) is 90.7 cm³/mol. The minimum Gasteiger partial charge on any atom is -0.497 e. The number of aromatic nitrogens is 2. The lowest BCUT2D eigenvalue weighted by Gasteiger charge is -2.32. The molecule has 0 bridgehead atoms. The largest absolute Gasteiger partial charge is 0.497 e. The number of benzene rings is 1. The van der Waals surface area contributed by atoms with Crippen LogP contribution in [0.3, 0.4) is 0 Å². The van der Waals surface area contributed by atoms with Crippen molar-refractivity contribution in [3.8, 4) is 11.5 Å². The van der Waals surface area contributed by atoms with Crippen LogP contribution in [0.1, 0.15) is 37.4 Å². The van der Waals surface area contributed by atoms with Gasteiger partial charge in [0, 0.05) is 13.1 Å². The summed E-state index contributed by atoms with van der Waals surface area (Å²) in [6.45, 7) is 4.87. The van der Waals surface area contributed by atoms with Crippen molar-refractivity contribution in [3.63, 3.8) is 0 Å². The first-order valence-electron chi connectivity index (χ1n) is 8.46. The summed E-state index contributed by atoms with van der Waals surface area (Å²) >= 11 is 0. The first kappa shape index (κ1) is 17.3. The van der Waals surface area contributed by atoms with Crippen LogP contribution < -0.4 is 9.47 Å². The molecule has 1 saturated heterocycles. The predicted octanol–water partition coefficient (Wildman–Crippen LogP) is 2.56. The fraction of sp³-hybridized carbons (Fsp3) is 0.500. The zero-order chi connectivity index (χ0) is 17.8. The van der Waals surface area contributed by atoms with Crippen LogP contribution >= 0.6 is 0 Å². The summed E-state index contributed by atoms with van der Waals surface area (Å²) in [5.41, 5.74) is 0. The highest BCUT2D eigenvalue weighted by Gasteiger charge is 2.31. The zero-order valence-electron chi connectivity index (χ0n) is 14.8. The molecule has 0 N–H and O–H groups in total. The van der Waals surface area contributed by atoms with Crippen LogP contribution in [-0.2, 0) is 4.79 Å². The van der Waals surface area contributed by atoms with Gasteiger partial charge < -0.3 is 18.9 Å². The minimum absolute atomic E-state index is 0.0308. The Labute approximate surface area is 146 Å². The van der Waals surface area contributed by atoms with Gasteiger partial charge in [0.2, 0.25) is 5.89 Å². The maximum absolute atomic E-state index is 12.7. The van der Waals surface area contributed by atoms with Gasteiger partial charge in [0.1, 0.15) is 11.5 Å². The molecule has 7 nitrogen and oxygen atoms in total. The van der Waals surface area contributed by atoms with Crippen LogP contribution in [0, 0.1) is 6.92 Å². The number of nitrogens with zero attached hydrogens (tertiary/aromatic N) is 3. The van der Waals surface area contributed by atoms with E-state index >= 15 is 0 Å². The van der Waals surface area contributed by atoms with Crippen molar-refractivity contribution in [2.24, 2.45) is 0 Å². The Morgan fingerprint density at radius 3 is 2.68 bits per heavy atom. The van der Waals surface area contributed by atoms with E-state index in [-0.39, 0.29) is 11.8 Å². The highest BCUT2D eigenvalue weighted by molar-refractivity contribution is 5.81. The second-order valence-electron chi connectivity index (χ2n) is 6.24. The fourth-order valence-electron chi connectivity index (χ4n) is 3.02. The number of carbonyl (C=O) groups excluding carboxylic acids is 1. The second-order valence-corrected chi connectivity index (χ2v) is 6.24. The molecule has 1 aromatic carbocycles. The molecule has 0 spiro atoms. The Hall–Kier alpha value is -2.57. The molecule has 0 saturated carbocycles. The third kappa shape index (κ3) is 4.10. The molecule has 1 amide bonds. The van der Waals surface area contributed by atoms with Crippen LogP contribution in [-0.4, -0.2) is 47.3 Å². The van der Waals surface area contributed by atoms with Crippen LogP contribution in [0.5, 0.6) is 11.5 Å². The SMILES string of the molecule is COc1ccc(O[C@H](C)C(=O)N2CCC[C@H](c3nc(C)no3)C2)cc1. The van der Waals surface area contributed by atoms with E-state index in [0.29, 0.717) is 24.0 Å². The first-order valence-corrected chi connectivity index (χ1v) is 8.46. The molecule has 0 aliphatic carbocycles. The van der Waals surface area contributed by atoms with Crippen molar-refractivity contribution in [1.82, 2.24) is 15.0 Å². The molecule has 134 valence electrons. The third-order valence-corrected chi connectivity index (χ3v) is 4.35. The molecule has 1 aliphatic rings. The Morgan fingerprint density at radius 1 is 1.32 bits per heavy atom. The van der Waals surface area contributed by atoms with Crippen LogP contribution in [0.25, 0.3) is 0 Å². The standard InChI is InChI=1S/C18H23N3O4/c1-12(24-16-8-6-15(23-3)7-9-16)18(22)21-10-4-5-14(11-21)17-19-13(2)20-25-17/h6-9,12,14H,4-5,10-11H2,1-3H3/t12-,14+/m1/s1. The molecule has 25 heavy (non-hydrogen) atoms. The van der Waals surface area contributed by atoms with Gasteiger partial charge in [-0.3, -0.25) is 4.79 Å². The monoisotopic (exact) mass is 345 g/mol. The van der Waals surface area contributed by atoms with Gasteiger partial charge in [-0.05, 0) is 51.0 Å². The summed E-state index contributed by atoms with van der Waals surface area (Å²) in [5.74, 6) is 2.68. The summed E-state index contributed by atoms with van der Waals surface area (Å²) in [7, 11) is 1.61. The molecule has 3 rings (SSSR count). The molecule has 2 atom stereocenters. The molecule has 0 unspecified atom stereocenters. The summed E-state index contributed by atoms with van der Waals surface area (Å²) in [4.78, 5) is 18.8. The summed E-state index contributed by atoms with van der Waals surface area (Å²) in [5, 5.41) is 3.84. The number of carbonyl (C=O) groups is 1. The number of hydrogen-bond acceptors (Lipinski definition) is 6. The third-order valence-electron chi connectivity index (χ3n) is 4.35. The number of rotatable bonds is 5. The number of aryl methyl sites for hydroxylation is 1. The van der Waals surface area contributed by atoms with Gasteiger partial charge in [-0.1, -0.05) is 5.16 Å². The first-order chi connectivity index (χ1) is 12.1. The second kappa shape index (κ2) is 7.55. The molecule has 2 heterocycles. The molecule has 2 aromatic rings. The van der Waals surface area contributed by atoms with E-state index in [0.717, 1.165) is 25.1 Å². The number of methoxy groups -OCH3 is 1. The van der Waals surface area contributed by atoms with Gasteiger partial charge in [-0.25, -0.2) is 0 Å². The van der Waals surface area contributed by atoms with Gasteiger partial charge in [-0.2, -0.15) is 4.98 Å². The van der Waals surface area contributed by atoms with Gasteiger partial charge in [0.05, 0.1) is 13.0 Å². The highest BCUT2D eigenvalue weighted by atomic mass is 16.5. The Kier molecular flexibility index (Phi) is 5.21. The number of amides is 1. The van der Waals surface area contributed by atoms with Crippen LogP contribution in [0.4, 0.5) is 0 Å². The number of piperidine rings is 1. The van der Waals surface area contributed by atoms with Crippen LogP contribution in [0.2, 0.25) is 0 Å². The Bertz CT molecular complexity index is 713. The molecule has 1 aliphatic heterocycles. The molecule has 1 aromatic heterocycles. The molecular formula is C18H23N3O4. The Balaban J connectivity index is 1.60. The van der Waals surface area contributed by atoms with Gasteiger partial charge in [-0.15, -0.1) is 0 Å². The van der Waals surface area contributed by atoms with E-state index in [4.69, 9.17) is 14.0 Å². The van der Waals surface area contributed by atoms with Crippen molar-refractivity contribution < 1.29 is 18.8 Å². The van der Waals surface area contributed by atoms with Gasteiger partial charge in [0.25, 0.3) is 5.91 Å². The normalized spacial score (nSPS) is 18.7. The molecule has 0 radical (unpaired) electrons. The minimum atomic E-state index is -0.559. The van der Waals surface area contributed by atoms with E-state index in [1.54, 1.807) is 45.2 Å². The van der Waals surface area contributed by atoms with Crippen molar-refractivity contribution in [2.75, 3.05) is 20.2 Å². The van der Waals surface area contributed by atoms with Crippen LogP contribution in [0.15, 0.2) is 28.8 Å². The van der Waals surface area contributed by atoms with E-state index in [9.17, 15) is 4.79 Å². The van der Waals surface area contributed by atoms with E-state index in [2.05, 4.69) is 10.1 Å². The average Bonchev–Trinajstić information content (AvgIpc) is 3.08. The zero-order valence-corrected chi connectivity index (χ0v) is 14.8. The number of likely N-dealkylation sites (tertiary alicyclic amines) is 1. The lowest BCUT2D eigenvalue weighted by molar-refractivity contribution is -0.139. The molecule has 7 heteroatoms. The quantitative estimate of drug-likeness (QED) is 0.829. The summed E-state index contributed by atoms with van der Waals surface area (Å²) < 4.78 is 16.2. The topological polar surface area (TPSA) is 77.7 Å². The van der Waals surface area contributed by atoms with Gasteiger partial charge in [0.15, 0.2) is 11.9 Å². The van der Waals surface area contributed by atoms with E-state index in [1.807, 2.05) is 4.90 Å². The lowest BCUT2D eigenvalue weighted by Crippen LogP contribution is -2.45. The van der Waals surface area contributed by atoms with Crippen molar-refractivity contribution in [3.05, 3.63) is 36.0 Å². The summed E-state index contributed by atoms with van der Waals surface area (Å²) in [6.07, 6.45) is 1.29. The lowest BCUT2D eigenvalue weighted by atomic mass is 9.97. The number of hydrogen-bond donors (Lipinski definition) is 0. The maximum atomic E-state index is 12.7. The smallest absolute Gasteiger partial charge is 0.263 e. The molecule has 1 fully saturated rings. The average molecular weight is 345 g/mol. The van der Waals surface area contributed by atoms with Crippen molar-refractivity contribution in [1.29, 1.82) is 0 Å². The van der Waals surface area contributed by atoms with Gasteiger partial charge >= 0.3 is 0 Å². The fourth-order valence-corrected chi connectivity index (χ4v) is 3.02. The summed E-state index contributed by atoms with van der Waals surface area (Å²) in [6, 6.07) is 7.20. The number of ether oxygens (including phenoxy) is 2. The van der Waals surface area contributed by atoms with Crippen molar-refractivity contribution in [2.45, 2.75) is 38.7 Å². The maximum Gasteiger partial charge on any atom is 0.263 e. The molecular weight excluding hydrogens is 322 g/mol. The van der Waals surface area contributed by atoms with E-state index < -0.39 is 6.10 Å². The van der Waals surface area contributed by atoms with E-state index in [1.165, 1.54) is 0 Å². The Morgan fingerprint density at radius 2 is 2.04 bits per heavy atom.